The van der Waals surface area contributed by atoms with Crippen LogP contribution in [0.2, 0.25) is 0 Å². The highest BCUT2D eigenvalue weighted by atomic mass is 32.1. The number of thiophene rings is 1. The first kappa shape index (κ1) is 17.9. The predicted octanol–water partition coefficient (Wildman–Crippen LogP) is 5.77. The first-order chi connectivity index (χ1) is 14.3. The summed E-state index contributed by atoms with van der Waals surface area (Å²) in [6.45, 7) is 0.975. The number of rotatable bonds is 4. The van der Waals surface area contributed by atoms with Crippen molar-refractivity contribution >= 4 is 28.5 Å². The highest BCUT2D eigenvalue weighted by molar-refractivity contribution is 7.08. The zero-order chi connectivity index (χ0) is 19.6. The lowest BCUT2D eigenvalue weighted by molar-refractivity contribution is 0.0910. The van der Waals surface area contributed by atoms with E-state index in [0.717, 1.165) is 35.3 Å². The fourth-order valence-electron chi connectivity index (χ4n) is 3.87. The summed E-state index contributed by atoms with van der Waals surface area (Å²) in [5, 5.41) is 4.22. The molecule has 0 spiro atoms. The Hall–Kier alpha value is -3.12. The molecule has 2 aromatic heterocycles. The van der Waals surface area contributed by atoms with Crippen molar-refractivity contribution in [1.82, 2.24) is 14.9 Å². The normalized spacial score (nSPS) is 16.4. The van der Waals surface area contributed by atoms with Gasteiger partial charge in [0.15, 0.2) is 0 Å². The summed E-state index contributed by atoms with van der Waals surface area (Å²) < 4.78 is 5.55. The first-order valence-electron chi connectivity index (χ1n) is 9.77. The van der Waals surface area contributed by atoms with E-state index in [9.17, 15) is 4.79 Å². The van der Waals surface area contributed by atoms with E-state index in [1.807, 2.05) is 36.4 Å². The summed E-state index contributed by atoms with van der Waals surface area (Å²) in [6, 6.07) is 18.1. The van der Waals surface area contributed by atoms with Gasteiger partial charge in [-0.15, -0.1) is 0 Å². The number of carbonyl (C=O) groups is 1. The van der Waals surface area contributed by atoms with E-state index in [1.54, 1.807) is 16.2 Å². The van der Waals surface area contributed by atoms with Crippen molar-refractivity contribution in [3.8, 4) is 11.1 Å². The largest absolute Gasteiger partial charge is 0.445 e. The topological polar surface area (TPSA) is 58.2 Å². The Morgan fingerprint density at radius 3 is 2.90 bits per heavy atom. The quantitative estimate of drug-likeness (QED) is 0.471. The molecule has 0 radical (unpaired) electrons. The third kappa shape index (κ3) is 3.63. The Morgan fingerprint density at radius 1 is 1.17 bits per heavy atom. The second-order valence-corrected chi connectivity index (χ2v) is 8.04. The highest BCUT2D eigenvalue weighted by Gasteiger charge is 2.33. The maximum Gasteiger partial charge on any atom is 0.410 e. The molecule has 5 nitrogen and oxygen atoms in total. The molecule has 1 atom stereocenters. The number of hydrogen-bond donors (Lipinski definition) is 1. The van der Waals surface area contributed by atoms with Crippen LogP contribution in [0.4, 0.5) is 4.79 Å². The molecule has 1 saturated heterocycles. The average Bonchev–Trinajstić information content (AvgIpc) is 3.52. The van der Waals surface area contributed by atoms with Gasteiger partial charge < -0.3 is 9.72 Å². The first-order valence-corrected chi connectivity index (χ1v) is 10.7. The Labute approximate surface area is 173 Å². The Morgan fingerprint density at radius 2 is 2.07 bits per heavy atom. The SMILES string of the molecule is O=C(OCc1ccccc1)N1CCC[C@@H]1c1nc2ccc(-c3ccsc3)cc2[nH]1. The van der Waals surface area contributed by atoms with Crippen molar-refractivity contribution in [3.05, 3.63) is 76.7 Å². The molecule has 1 aliphatic heterocycles. The van der Waals surface area contributed by atoms with Crippen molar-refractivity contribution in [1.29, 1.82) is 0 Å². The minimum atomic E-state index is -0.282. The second kappa shape index (κ2) is 7.72. The number of amides is 1. The van der Waals surface area contributed by atoms with Gasteiger partial charge in [0, 0.05) is 6.54 Å². The molecule has 5 rings (SSSR count). The molecule has 1 fully saturated rings. The minimum Gasteiger partial charge on any atom is -0.445 e. The Kier molecular flexibility index (Phi) is 4.77. The molecule has 1 N–H and O–H groups in total. The number of nitrogens with zero attached hydrogens (tertiary/aromatic N) is 2. The number of likely N-dealkylation sites (tertiary alicyclic amines) is 1. The molecule has 4 aromatic rings. The summed E-state index contributed by atoms with van der Waals surface area (Å²) in [5.41, 5.74) is 5.28. The van der Waals surface area contributed by atoms with Crippen LogP contribution in [0, 0.1) is 0 Å². The van der Waals surface area contributed by atoms with Crippen molar-refractivity contribution < 1.29 is 9.53 Å². The van der Waals surface area contributed by atoms with Gasteiger partial charge in [-0.1, -0.05) is 36.4 Å². The molecular formula is C23H21N3O2S. The Bertz CT molecular complexity index is 1120. The number of aromatic nitrogens is 2. The molecule has 1 aliphatic rings. The van der Waals surface area contributed by atoms with Gasteiger partial charge in [-0.05, 0) is 58.5 Å². The third-order valence-corrected chi connectivity index (χ3v) is 6.05. The fraction of sp³-hybridized carbons (Fsp3) is 0.217. The number of nitrogens with one attached hydrogen (secondary N) is 1. The summed E-state index contributed by atoms with van der Waals surface area (Å²) in [5.74, 6) is 0.830. The number of aromatic amines is 1. The fourth-order valence-corrected chi connectivity index (χ4v) is 4.53. The van der Waals surface area contributed by atoms with Gasteiger partial charge in [0.05, 0.1) is 17.1 Å². The molecule has 29 heavy (non-hydrogen) atoms. The number of benzene rings is 2. The van der Waals surface area contributed by atoms with Crippen LogP contribution in [0.5, 0.6) is 0 Å². The molecule has 3 heterocycles. The smallest absolute Gasteiger partial charge is 0.410 e. The van der Waals surface area contributed by atoms with E-state index in [-0.39, 0.29) is 18.7 Å². The average molecular weight is 404 g/mol. The van der Waals surface area contributed by atoms with Crippen LogP contribution in [-0.4, -0.2) is 27.5 Å². The monoisotopic (exact) mass is 403 g/mol. The van der Waals surface area contributed by atoms with Gasteiger partial charge in [-0.3, -0.25) is 4.90 Å². The van der Waals surface area contributed by atoms with Gasteiger partial charge in [0.25, 0.3) is 0 Å². The molecule has 146 valence electrons. The maximum atomic E-state index is 12.7. The standard InChI is InChI=1S/C23H21N3O2S/c27-23(28-14-16-5-2-1-3-6-16)26-11-4-7-21(26)22-24-19-9-8-17(13-20(19)25-22)18-10-12-29-15-18/h1-3,5-6,8-10,12-13,15,21H,4,7,11,14H2,(H,24,25)/t21-/m1/s1. The predicted molar refractivity (Wildman–Crippen MR) is 115 cm³/mol. The summed E-state index contributed by atoms with van der Waals surface area (Å²) in [4.78, 5) is 22.7. The van der Waals surface area contributed by atoms with Gasteiger partial charge in [-0.2, -0.15) is 11.3 Å². The molecule has 1 amide bonds. The van der Waals surface area contributed by atoms with Gasteiger partial charge in [0.1, 0.15) is 12.4 Å². The lowest BCUT2D eigenvalue weighted by Crippen LogP contribution is -2.31. The zero-order valence-corrected chi connectivity index (χ0v) is 16.7. The third-order valence-electron chi connectivity index (χ3n) is 5.36. The van der Waals surface area contributed by atoms with E-state index in [1.165, 1.54) is 11.1 Å². The van der Waals surface area contributed by atoms with E-state index in [0.29, 0.717) is 6.54 Å². The molecule has 0 saturated carbocycles. The van der Waals surface area contributed by atoms with Gasteiger partial charge in [-0.25, -0.2) is 9.78 Å². The van der Waals surface area contributed by atoms with Crippen LogP contribution in [0.1, 0.15) is 30.3 Å². The van der Waals surface area contributed by atoms with Crippen LogP contribution >= 0.6 is 11.3 Å². The maximum absolute atomic E-state index is 12.7. The number of carbonyl (C=O) groups excluding carboxylic acids is 1. The van der Waals surface area contributed by atoms with Crippen LogP contribution in [0.25, 0.3) is 22.2 Å². The van der Waals surface area contributed by atoms with E-state index in [2.05, 4.69) is 33.9 Å². The van der Waals surface area contributed by atoms with Gasteiger partial charge in [0.2, 0.25) is 0 Å². The van der Waals surface area contributed by atoms with Crippen molar-refractivity contribution in [2.45, 2.75) is 25.5 Å². The van der Waals surface area contributed by atoms with Crippen LogP contribution in [0.3, 0.4) is 0 Å². The lowest BCUT2D eigenvalue weighted by Gasteiger charge is -2.22. The number of hydrogen-bond acceptors (Lipinski definition) is 4. The van der Waals surface area contributed by atoms with E-state index >= 15 is 0 Å². The number of H-pyrrole nitrogens is 1. The molecule has 0 unspecified atom stereocenters. The summed E-state index contributed by atoms with van der Waals surface area (Å²) >= 11 is 1.69. The van der Waals surface area contributed by atoms with Crippen LogP contribution < -0.4 is 0 Å². The molecule has 6 heteroatoms. The van der Waals surface area contributed by atoms with Crippen molar-refractivity contribution in [2.24, 2.45) is 0 Å². The zero-order valence-electron chi connectivity index (χ0n) is 15.9. The number of fused-ring (bicyclic) bond motifs is 1. The molecule has 0 bridgehead atoms. The lowest BCUT2D eigenvalue weighted by atomic mass is 10.1. The highest BCUT2D eigenvalue weighted by Crippen LogP contribution is 2.33. The second-order valence-electron chi connectivity index (χ2n) is 7.26. The molecular weight excluding hydrogens is 382 g/mol. The number of imidazole rings is 1. The number of ether oxygens (including phenoxy) is 1. The van der Waals surface area contributed by atoms with Crippen molar-refractivity contribution in [3.63, 3.8) is 0 Å². The summed E-state index contributed by atoms with van der Waals surface area (Å²) in [6.07, 6.45) is 1.55. The van der Waals surface area contributed by atoms with Crippen LogP contribution in [-0.2, 0) is 11.3 Å². The molecule has 0 aliphatic carbocycles. The van der Waals surface area contributed by atoms with Crippen molar-refractivity contribution in [2.75, 3.05) is 6.54 Å². The van der Waals surface area contributed by atoms with Crippen LogP contribution in [0.15, 0.2) is 65.4 Å². The Balaban J connectivity index is 1.35. The van der Waals surface area contributed by atoms with Gasteiger partial charge >= 0.3 is 6.09 Å². The summed E-state index contributed by atoms with van der Waals surface area (Å²) in [7, 11) is 0. The molecule has 2 aromatic carbocycles. The minimum absolute atomic E-state index is 0.0738. The van der Waals surface area contributed by atoms with E-state index < -0.39 is 0 Å². The van der Waals surface area contributed by atoms with E-state index in [4.69, 9.17) is 9.72 Å².